The highest BCUT2D eigenvalue weighted by Crippen LogP contribution is 2.17. The number of amides is 1. The van der Waals surface area contributed by atoms with Crippen molar-refractivity contribution < 1.29 is 9.53 Å². The second-order valence-electron chi connectivity index (χ2n) is 7.10. The lowest BCUT2D eigenvalue weighted by Crippen LogP contribution is -2.46. The summed E-state index contributed by atoms with van der Waals surface area (Å²) in [5, 5.41) is 2.91. The molecule has 3 heteroatoms. The molecule has 0 spiro atoms. The molecule has 1 aromatic rings. The number of carbonyl (C=O) groups excluding carboxylic acids is 1. The lowest BCUT2D eigenvalue weighted by atomic mass is 10.1. The van der Waals surface area contributed by atoms with E-state index in [4.69, 9.17) is 4.74 Å². The first-order valence-corrected chi connectivity index (χ1v) is 9.17. The normalized spacial score (nSPS) is 10.3. The van der Waals surface area contributed by atoms with Gasteiger partial charge in [0, 0.05) is 6.54 Å². The number of hydrogen-bond donors (Lipinski definition) is 1. The van der Waals surface area contributed by atoms with E-state index in [9.17, 15) is 4.79 Å². The molecule has 0 bridgehead atoms. The predicted molar refractivity (Wildman–Crippen MR) is 105 cm³/mol. The number of carbonyl (C=O) groups is 1. The van der Waals surface area contributed by atoms with E-state index in [1.807, 2.05) is 44.2 Å². The summed E-state index contributed by atoms with van der Waals surface area (Å²) in [5.41, 5.74) is -0.849. The molecule has 0 aliphatic carbocycles. The largest absolute Gasteiger partial charge is 0.478 e. The topological polar surface area (TPSA) is 38.3 Å². The van der Waals surface area contributed by atoms with Crippen LogP contribution in [0.5, 0.6) is 5.75 Å². The van der Waals surface area contributed by atoms with E-state index >= 15 is 0 Å². The molecule has 1 N–H and O–H groups in total. The van der Waals surface area contributed by atoms with Crippen molar-refractivity contribution in [2.75, 3.05) is 6.54 Å². The summed E-state index contributed by atoms with van der Waals surface area (Å²) < 4.78 is 5.71. The van der Waals surface area contributed by atoms with Crippen LogP contribution in [0.25, 0.3) is 0 Å². The average Bonchev–Trinajstić information content (AvgIpc) is 2.48. The smallest absolute Gasteiger partial charge is 0.263 e. The molecule has 1 amide bonds. The quantitative estimate of drug-likeness (QED) is 0.723. The van der Waals surface area contributed by atoms with Gasteiger partial charge in [0.1, 0.15) is 5.75 Å². The second kappa shape index (κ2) is 13.9. The van der Waals surface area contributed by atoms with Gasteiger partial charge in [-0.1, -0.05) is 66.7 Å². The van der Waals surface area contributed by atoms with Crippen molar-refractivity contribution in [1.29, 1.82) is 0 Å². The van der Waals surface area contributed by atoms with Crippen LogP contribution in [0, 0.1) is 11.8 Å². The van der Waals surface area contributed by atoms with Crippen LogP contribution in [0.4, 0.5) is 0 Å². The maximum atomic E-state index is 12.0. The van der Waals surface area contributed by atoms with Crippen molar-refractivity contribution in [3.8, 4) is 5.75 Å². The molecule has 0 aromatic heterocycles. The summed E-state index contributed by atoms with van der Waals surface area (Å²) in [6.45, 7) is 19.0. The van der Waals surface area contributed by atoms with E-state index in [0.29, 0.717) is 18.2 Å². The molecule has 3 nitrogen and oxygen atoms in total. The Balaban J connectivity index is 0. The van der Waals surface area contributed by atoms with Crippen molar-refractivity contribution >= 4 is 5.91 Å². The molecule has 0 aliphatic rings. The van der Waals surface area contributed by atoms with E-state index in [1.165, 1.54) is 0 Å². The van der Waals surface area contributed by atoms with Gasteiger partial charge in [0.15, 0.2) is 5.60 Å². The highest BCUT2D eigenvalue weighted by atomic mass is 16.5. The molecule has 0 radical (unpaired) electrons. The molecule has 0 aliphatic heterocycles. The number of ether oxygens (including phenoxy) is 1. The molecule has 0 atom stereocenters. The Morgan fingerprint density at radius 1 is 1.04 bits per heavy atom. The Kier molecular flexibility index (Phi) is 14.3. The van der Waals surface area contributed by atoms with Gasteiger partial charge in [-0.25, -0.2) is 0 Å². The fraction of sp³-hybridized carbons (Fsp3) is 0.667. The first kappa shape index (κ1) is 24.7. The van der Waals surface area contributed by atoms with Gasteiger partial charge in [-0.15, -0.1) is 0 Å². The van der Waals surface area contributed by atoms with Crippen molar-refractivity contribution in [3.63, 3.8) is 0 Å². The number of nitrogens with one attached hydrogen (secondary N) is 1. The Hall–Kier alpha value is -1.51. The molecule has 0 fully saturated rings. The van der Waals surface area contributed by atoms with Crippen LogP contribution in [0.2, 0.25) is 0 Å². The Labute approximate surface area is 150 Å². The van der Waals surface area contributed by atoms with Gasteiger partial charge in [-0.3, -0.25) is 4.79 Å². The van der Waals surface area contributed by atoms with E-state index in [0.717, 1.165) is 12.3 Å². The van der Waals surface area contributed by atoms with Crippen molar-refractivity contribution in [1.82, 2.24) is 5.32 Å². The van der Waals surface area contributed by atoms with Gasteiger partial charge in [-0.05, 0) is 44.2 Å². The number of benzene rings is 1. The summed E-state index contributed by atoms with van der Waals surface area (Å²) in [4.78, 5) is 12.0. The van der Waals surface area contributed by atoms with Crippen LogP contribution < -0.4 is 10.1 Å². The summed E-state index contributed by atoms with van der Waals surface area (Å²) >= 11 is 0. The van der Waals surface area contributed by atoms with Crippen LogP contribution in [0.1, 0.15) is 68.7 Å². The zero-order valence-electron chi connectivity index (χ0n) is 17.3. The minimum absolute atomic E-state index is 0.0768. The van der Waals surface area contributed by atoms with Crippen LogP contribution in [-0.2, 0) is 4.79 Å². The van der Waals surface area contributed by atoms with Crippen molar-refractivity contribution in [2.45, 2.75) is 74.3 Å². The zero-order valence-corrected chi connectivity index (χ0v) is 17.3. The monoisotopic (exact) mass is 337 g/mol. The molecule has 24 heavy (non-hydrogen) atoms. The Morgan fingerprint density at radius 3 is 1.92 bits per heavy atom. The summed E-state index contributed by atoms with van der Waals surface area (Å²) in [5.74, 6) is 2.05. The molecule has 0 saturated carbocycles. The summed E-state index contributed by atoms with van der Waals surface area (Å²) in [7, 11) is 0. The van der Waals surface area contributed by atoms with Gasteiger partial charge in [0.25, 0.3) is 5.91 Å². The average molecular weight is 338 g/mol. The standard InChI is InChI=1S/C15H23NO2.C4H10.C2H6/c1-12(2)10-11-16-14(17)15(3,4)18-13-8-6-5-7-9-13;1-4(2)3;1-2/h5-9,12H,10-11H2,1-4H3,(H,16,17);4H,1-3H3;1-2H3. The molecule has 0 saturated heterocycles. The summed E-state index contributed by atoms with van der Waals surface area (Å²) in [6.07, 6.45) is 0.979. The van der Waals surface area contributed by atoms with E-state index in [-0.39, 0.29) is 5.91 Å². The van der Waals surface area contributed by atoms with Gasteiger partial charge >= 0.3 is 0 Å². The Morgan fingerprint density at radius 2 is 1.50 bits per heavy atom. The summed E-state index contributed by atoms with van der Waals surface area (Å²) in [6, 6.07) is 9.40. The van der Waals surface area contributed by atoms with E-state index < -0.39 is 5.60 Å². The van der Waals surface area contributed by atoms with E-state index in [2.05, 4.69) is 39.9 Å². The molecular weight excluding hydrogens is 298 g/mol. The van der Waals surface area contributed by atoms with Gasteiger partial charge in [-0.2, -0.15) is 0 Å². The molecule has 1 rings (SSSR count). The minimum Gasteiger partial charge on any atom is -0.478 e. The highest BCUT2D eigenvalue weighted by Gasteiger charge is 2.29. The van der Waals surface area contributed by atoms with Gasteiger partial charge in [0.2, 0.25) is 0 Å². The van der Waals surface area contributed by atoms with Crippen LogP contribution in [-0.4, -0.2) is 18.1 Å². The molecule has 0 heterocycles. The third-order valence-corrected chi connectivity index (χ3v) is 2.67. The van der Waals surface area contributed by atoms with Crippen molar-refractivity contribution in [2.24, 2.45) is 11.8 Å². The number of para-hydroxylation sites is 1. The third-order valence-electron chi connectivity index (χ3n) is 2.67. The van der Waals surface area contributed by atoms with Crippen LogP contribution in [0.3, 0.4) is 0 Å². The lowest BCUT2D eigenvalue weighted by molar-refractivity contribution is -0.134. The first-order chi connectivity index (χ1) is 11.1. The maximum absolute atomic E-state index is 12.0. The SMILES string of the molecule is CC.CC(C)C.CC(C)CCNC(=O)C(C)(C)Oc1ccccc1. The van der Waals surface area contributed by atoms with Crippen LogP contribution >= 0.6 is 0 Å². The van der Waals surface area contributed by atoms with E-state index in [1.54, 1.807) is 13.8 Å². The lowest BCUT2D eigenvalue weighted by Gasteiger charge is -2.25. The number of hydrogen-bond acceptors (Lipinski definition) is 2. The fourth-order valence-electron chi connectivity index (χ4n) is 1.52. The predicted octanol–water partition coefficient (Wildman–Crippen LogP) is 5.69. The molecular formula is C21H39NO2. The molecule has 140 valence electrons. The minimum atomic E-state index is -0.849. The first-order valence-electron chi connectivity index (χ1n) is 9.17. The Bertz CT molecular complexity index is 408. The molecule has 0 unspecified atom stereocenters. The van der Waals surface area contributed by atoms with Crippen LogP contribution in [0.15, 0.2) is 30.3 Å². The zero-order chi connectivity index (χ0) is 19.2. The highest BCUT2D eigenvalue weighted by molar-refractivity contribution is 5.84. The van der Waals surface area contributed by atoms with Gasteiger partial charge in [0.05, 0.1) is 0 Å². The maximum Gasteiger partial charge on any atom is 0.263 e. The third kappa shape index (κ3) is 14.1. The molecule has 1 aromatic carbocycles. The van der Waals surface area contributed by atoms with Crippen molar-refractivity contribution in [3.05, 3.63) is 30.3 Å². The van der Waals surface area contributed by atoms with Gasteiger partial charge < -0.3 is 10.1 Å². The number of rotatable bonds is 6. The fourth-order valence-corrected chi connectivity index (χ4v) is 1.52. The second-order valence-corrected chi connectivity index (χ2v) is 7.10.